The van der Waals surface area contributed by atoms with Crippen LogP contribution in [0.25, 0.3) is 10.1 Å². The topological polar surface area (TPSA) is 54.9 Å². The van der Waals surface area contributed by atoms with E-state index in [-0.39, 0.29) is 18.2 Å². The molecule has 2 fully saturated rings. The third-order valence-electron chi connectivity index (χ3n) is 4.98. The molecule has 3 heterocycles. The Morgan fingerprint density at radius 3 is 2.90 bits per heavy atom. The fourth-order valence-corrected chi connectivity index (χ4v) is 4.70. The van der Waals surface area contributed by atoms with E-state index in [1.165, 1.54) is 17.6 Å². The Morgan fingerprint density at radius 2 is 2.21 bits per heavy atom. The first-order chi connectivity index (χ1) is 13.9. The van der Waals surface area contributed by atoms with Crippen molar-refractivity contribution in [1.82, 2.24) is 5.32 Å². The summed E-state index contributed by atoms with van der Waals surface area (Å²) in [4.78, 5) is 5.72. The number of nitrogens with zero attached hydrogens (tertiary/aromatic N) is 1. The van der Waals surface area contributed by atoms with E-state index >= 15 is 0 Å². The van der Waals surface area contributed by atoms with Crippen molar-refractivity contribution in [3.05, 3.63) is 28.6 Å². The van der Waals surface area contributed by atoms with Gasteiger partial charge < -0.3 is 20.2 Å². The Kier molecular flexibility index (Phi) is 5.93. The van der Waals surface area contributed by atoms with Crippen LogP contribution < -0.4 is 10.6 Å². The third kappa shape index (κ3) is 4.81. The summed E-state index contributed by atoms with van der Waals surface area (Å²) < 4.78 is 59.5. The van der Waals surface area contributed by atoms with E-state index in [1.807, 2.05) is 0 Å². The van der Waals surface area contributed by atoms with Crippen LogP contribution in [0.1, 0.15) is 16.9 Å². The van der Waals surface area contributed by atoms with Gasteiger partial charge in [-0.2, -0.15) is 13.2 Å². The van der Waals surface area contributed by atoms with E-state index in [0.717, 1.165) is 0 Å². The van der Waals surface area contributed by atoms with Gasteiger partial charge in [-0.15, -0.1) is 11.3 Å². The van der Waals surface area contributed by atoms with Crippen LogP contribution >= 0.6 is 11.3 Å². The van der Waals surface area contributed by atoms with Gasteiger partial charge in [0.25, 0.3) is 0 Å². The molecule has 2 saturated heterocycles. The molecule has 0 spiro atoms. The second-order valence-corrected chi connectivity index (χ2v) is 8.22. The van der Waals surface area contributed by atoms with Gasteiger partial charge in [-0.05, 0) is 17.0 Å². The minimum absolute atomic E-state index is 0.150. The largest absolute Gasteiger partial charge is 0.393 e. The number of hydrogen-bond acceptors (Lipinski definition) is 6. The summed E-state index contributed by atoms with van der Waals surface area (Å²) in [5.74, 6) is 0. The highest BCUT2D eigenvalue weighted by Gasteiger charge is 2.32. The number of rotatable bonds is 6. The highest BCUT2D eigenvalue weighted by Crippen LogP contribution is 2.39. The van der Waals surface area contributed by atoms with Gasteiger partial charge in [0.05, 0.1) is 47.2 Å². The molecule has 2 aliphatic rings. The van der Waals surface area contributed by atoms with E-state index in [2.05, 4.69) is 15.8 Å². The molecule has 29 heavy (non-hydrogen) atoms. The van der Waals surface area contributed by atoms with E-state index in [9.17, 15) is 17.6 Å². The molecule has 3 atom stereocenters. The van der Waals surface area contributed by atoms with Gasteiger partial charge in [-0.1, -0.05) is 17.3 Å². The molecule has 2 N–H and O–H groups in total. The molecule has 2 aromatic rings. The fourth-order valence-electron chi connectivity index (χ4n) is 3.54. The number of fused-ring (bicyclic) bond motifs is 1. The van der Waals surface area contributed by atoms with Gasteiger partial charge in [-0.25, -0.2) is 4.39 Å². The molecule has 1 aromatic carbocycles. The van der Waals surface area contributed by atoms with Crippen LogP contribution in [0.3, 0.4) is 0 Å². The molecule has 0 bridgehead atoms. The SMILES string of the molecule is F[C@H]1CNC[C@H]1Nc1cccc2c(CC(F)(F)F)c(/C=N/OC3CCOC3)sc12. The van der Waals surface area contributed by atoms with Crippen molar-refractivity contribution in [2.75, 3.05) is 31.6 Å². The zero-order valence-electron chi connectivity index (χ0n) is 15.5. The summed E-state index contributed by atoms with van der Waals surface area (Å²) in [5.41, 5.74) is 0.773. The smallest absolute Gasteiger partial charge is 0.390 e. The van der Waals surface area contributed by atoms with Crippen molar-refractivity contribution in [1.29, 1.82) is 0 Å². The highest BCUT2D eigenvalue weighted by molar-refractivity contribution is 7.21. The molecule has 2 aliphatic heterocycles. The normalized spacial score (nSPS) is 25.3. The van der Waals surface area contributed by atoms with Gasteiger partial charge in [0.15, 0.2) is 6.10 Å². The van der Waals surface area contributed by atoms with E-state index < -0.39 is 24.8 Å². The lowest BCUT2D eigenvalue weighted by Gasteiger charge is -2.16. The number of nitrogens with one attached hydrogen (secondary N) is 2. The second kappa shape index (κ2) is 8.45. The predicted molar refractivity (Wildman–Crippen MR) is 105 cm³/mol. The molecule has 1 unspecified atom stereocenters. The van der Waals surface area contributed by atoms with Crippen LogP contribution in [-0.4, -0.2) is 57.0 Å². The Labute approximate surface area is 169 Å². The number of thiophene rings is 1. The van der Waals surface area contributed by atoms with E-state index in [4.69, 9.17) is 9.57 Å². The lowest BCUT2D eigenvalue weighted by molar-refractivity contribution is -0.126. The lowest BCUT2D eigenvalue weighted by Crippen LogP contribution is -2.29. The molecular weight excluding hydrogens is 410 g/mol. The van der Waals surface area contributed by atoms with Crippen molar-refractivity contribution in [3.63, 3.8) is 0 Å². The minimum atomic E-state index is -4.36. The standard InChI is InChI=1S/C19H21F4N3O2S/c20-14-7-24-8-16(14)26-15-3-1-2-12-13(6-19(21,22)23)17(29-18(12)15)9-25-28-11-4-5-27-10-11/h1-3,9,11,14,16,24,26H,4-8,10H2/b25-9+/t11?,14-,16+/m0/s1. The van der Waals surface area contributed by atoms with E-state index in [0.29, 0.717) is 46.8 Å². The lowest BCUT2D eigenvalue weighted by atomic mass is 10.1. The van der Waals surface area contributed by atoms with Crippen LogP contribution in [0.5, 0.6) is 0 Å². The molecule has 0 saturated carbocycles. The monoisotopic (exact) mass is 431 g/mol. The van der Waals surface area contributed by atoms with Gasteiger partial charge in [-0.3, -0.25) is 0 Å². The van der Waals surface area contributed by atoms with Gasteiger partial charge in [0.2, 0.25) is 0 Å². The summed E-state index contributed by atoms with van der Waals surface area (Å²) in [6.45, 7) is 1.73. The molecule has 5 nitrogen and oxygen atoms in total. The Hall–Kier alpha value is -1.91. The number of alkyl halides is 4. The first-order valence-electron chi connectivity index (χ1n) is 9.40. The zero-order chi connectivity index (χ0) is 20.4. The van der Waals surface area contributed by atoms with Gasteiger partial charge in [0.1, 0.15) is 6.17 Å². The second-order valence-electron chi connectivity index (χ2n) is 7.17. The van der Waals surface area contributed by atoms with Crippen LogP contribution in [0.2, 0.25) is 0 Å². The maximum Gasteiger partial charge on any atom is 0.393 e. The van der Waals surface area contributed by atoms with Crippen molar-refractivity contribution in [2.45, 2.75) is 37.3 Å². The summed E-state index contributed by atoms with van der Waals surface area (Å²) in [7, 11) is 0. The number of benzene rings is 1. The van der Waals surface area contributed by atoms with Crippen LogP contribution in [0.4, 0.5) is 23.2 Å². The molecule has 10 heteroatoms. The Bertz CT molecular complexity index is 880. The maximum atomic E-state index is 14.0. The number of oxime groups is 1. The Balaban J connectivity index is 1.65. The molecule has 4 rings (SSSR count). The average molecular weight is 431 g/mol. The number of ether oxygens (including phenoxy) is 1. The van der Waals surface area contributed by atoms with Gasteiger partial charge >= 0.3 is 6.18 Å². The fraction of sp³-hybridized carbons (Fsp3) is 0.526. The predicted octanol–water partition coefficient (Wildman–Crippen LogP) is 3.87. The number of halogens is 4. The molecule has 1 aromatic heterocycles. The first-order valence-corrected chi connectivity index (χ1v) is 10.2. The van der Waals surface area contributed by atoms with E-state index in [1.54, 1.807) is 18.2 Å². The summed E-state index contributed by atoms with van der Waals surface area (Å²) in [6.07, 6.45) is -4.63. The summed E-state index contributed by atoms with van der Waals surface area (Å²) in [6, 6.07) is 4.67. The maximum absolute atomic E-state index is 14.0. The number of anilines is 1. The molecule has 158 valence electrons. The molecule has 0 aliphatic carbocycles. The molecule has 0 amide bonds. The highest BCUT2D eigenvalue weighted by atomic mass is 32.1. The average Bonchev–Trinajstić information content (AvgIpc) is 3.38. The van der Waals surface area contributed by atoms with Crippen LogP contribution in [-0.2, 0) is 16.0 Å². The minimum Gasteiger partial charge on any atom is -0.390 e. The molecular formula is C19H21F4N3O2S. The summed E-state index contributed by atoms with van der Waals surface area (Å²) >= 11 is 1.19. The summed E-state index contributed by atoms with van der Waals surface area (Å²) in [5, 5.41) is 10.5. The van der Waals surface area contributed by atoms with Crippen LogP contribution in [0, 0.1) is 0 Å². The molecule has 0 radical (unpaired) electrons. The van der Waals surface area contributed by atoms with Crippen molar-refractivity contribution in [2.24, 2.45) is 5.16 Å². The van der Waals surface area contributed by atoms with Crippen molar-refractivity contribution >= 4 is 33.3 Å². The quantitative estimate of drug-likeness (QED) is 0.414. The van der Waals surface area contributed by atoms with Gasteiger partial charge in [0, 0.05) is 19.5 Å². The van der Waals surface area contributed by atoms with Crippen molar-refractivity contribution < 1.29 is 27.1 Å². The Morgan fingerprint density at radius 1 is 1.34 bits per heavy atom. The number of hydrogen-bond donors (Lipinski definition) is 2. The third-order valence-corrected chi connectivity index (χ3v) is 6.19. The first kappa shape index (κ1) is 20.4. The van der Waals surface area contributed by atoms with Crippen LogP contribution in [0.15, 0.2) is 23.4 Å². The zero-order valence-corrected chi connectivity index (χ0v) is 16.3. The van der Waals surface area contributed by atoms with Crippen molar-refractivity contribution in [3.8, 4) is 0 Å².